The molecule has 0 spiro atoms. The van der Waals surface area contributed by atoms with E-state index in [-0.39, 0.29) is 0 Å². The number of para-hydroxylation sites is 3. The molecule has 4 nitrogen and oxygen atoms in total. The molecule has 1 atom stereocenters. The van der Waals surface area contributed by atoms with Gasteiger partial charge < -0.3 is 15.0 Å². The summed E-state index contributed by atoms with van der Waals surface area (Å²) in [7, 11) is 1.97. The zero-order chi connectivity index (χ0) is 21.0. The quantitative estimate of drug-likeness (QED) is 0.580. The van der Waals surface area contributed by atoms with Gasteiger partial charge in [0.25, 0.3) is 0 Å². The standard InChI is InChI=1S/C27H31N3O/c1-28-23-14-12-21(13-15-23)16-18-29-17-6-8-24(29)19-30-25-9-3-2-7-22(25)20-31-27-11-5-4-10-26(27)30/h2-5,7,9-15,24,28H,6,8,16-20H2,1H3/t24-/m1/s1. The number of benzene rings is 3. The van der Waals surface area contributed by atoms with Crippen LogP contribution in [0.3, 0.4) is 0 Å². The maximum atomic E-state index is 6.16. The van der Waals surface area contributed by atoms with Crippen LogP contribution in [0.2, 0.25) is 0 Å². The second kappa shape index (κ2) is 9.03. The zero-order valence-electron chi connectivity index (χ0n) is 18.3. The van der Waals surface area contributed by atoms with E-state index in [4.69, 9.17) is 4.74 Å². The number of likely N-dealkylation sites (tertiary alicyclic amines) is 1. The van der Waals surface area contributed by atoms with Crippen molar-refractivity contribution in [3.63, 3.8) is 0 Å². The smallest absolute Gasteiger partial charge is 0.143 e. The van der Waals surface area contributed by atoms with Gasteiger partial charge in [0.2, 0.25) is 0 Å². The number of anilines is 3. The van der Waals surface area contributed by atoms with E-state index in [0.717, 1.165) is 25.3 Å². The molecule has 0 bridgehead atoms. The van der Waals surface area contributed by atoms with Crippen molar-refractivity contribution in [2.75, 3.05) is 36.9 Å². The van der Waals surface area contributed by atoms with Crippen molar-refractivity contribution < 1.29 is 4.74 Å². The van der Waals surface area contributed by atoms with E-state index < -0.39 is 0 Å². The predicted octanol–water partition coefficient (Wildman–Crippen LogP) is 5.47. The minimum absolute atomic E-state index is 0.552. The van der Waals surface area contributed by atoms with E-state index in [1.807, 2.05) is 7.05 Å². The molecule has 160 valence electrons. The summed E-state index contributed by atoms with van der Waals surface area (Å²) in [5, 5.41) is 3.20. The number of fused-ring (bicyclic) bond motifs is 2. The van der Waals surface area contributed by atoms with Gasteiger partial charge in [-0.1, -0.05) is 42.5 Å². The molecule has 0 radical (unpaired) electrons. The number of rotatable bonds is 6. The Morgan fingerprint density at radius 3 is 2.55 bits per heavy atom. The third-order valence-corrected chi connectivity index (χ3v) is 6.64. The second-order valence-electron chi connectivity index (χ2n) is 8.52. The molecule has 2 aliphatic heterocycles. The van der Waals surface area contributed by atoms with Gasteiger partial charge in [-0.25, -0.2) is 0 Å². The lowest BCUT2D eigenvalue weighted by atomic mass is 10.1. The highest BCUT2D eigenvalue weighted by molar-refractivity contribution is 5.72. The molecule has 0 saturated carbocycles. The maximum Gasteiger partial charge on any atom is 0.143 e. The Kier molecular flexibility index (Phi) is 5.81. The molecular weight excluding hydrogens is 382 g/mol. The van der Waals surface area contributed by atoms with Crippen LogP contribution in [0.15, 0.2) is 72.8 Å². The van der Waals surface area contributed by atoms with E-state index >= 15 is 0 Å². The van der Waals surface area contributed by atoms with Gasteiger partial charge in [-0.2, -0.15) is 0 Å². The summed E-state index contributed by atoms with van der Waals surface area (Å²) in [6, 6.07) is 26.5. The Morgan fingerprint density at radius 1 is 0.935 bits per heavy atom. The number of nitrogens with one attached hydrogen (secondary N) is 1. The predicted molar refractivity (Wildman–Crippen MR) is 129 cm³/mol. The minimum atomic E-state index is 0.552. The third kappa shape index (κ3) is 4.26. The molecule has 0 unspecified atom stereocenters. The molecule has 3 aromatic carbocycles. The molecule has 0 aliphatic carbocycles. The Bertz CT molecular complexity index is 969. The van der Waals surface area contributed by atoms with Crippen molar-refractivity contribution in [2.24, 2.45) is 0 Å². The highest BCUT2D eigenvalue weighted by Gasteiger charge is 2.29. The van der Waals surface area contributed by atoms with Crippen molar-refractivity contribution in [1.82, 2.24) is 4.90 Å². The summed E-state index contributed by atoms with van der Waals surface area (Å²) in [4.78, 5) is 5.17. The Morgan fingerprint density at radius 2 is 1.71 bits per heavy atom. The molecular formula is C27H31N3O. The summed E-state index contributed by atoms with van der Waals surface area (Å²) in [5.74, 6) is 0.980. The largest absolute Gasteiger partial charge is 0.487 e. The molecule has 3 aromatic rings. The fourth-order valence-corrected chi connectivity index (χ4v) is 4.90. The molecule has 5 rings (SSSR count). The number of hydrogen-bond donors (Lipinski definition) is 1. The summed E-state index contributed by atoms with van der Waals surface area (Å²) in [6.07, 6.45) is 3.62. The maximum absolute atomic E-state index is 6.16. The van der Waals surface area contributed by atoms with Crippen LogP contribution in [0.4, 0.5) is 17.1 Å². The van der Waals surface area contributed by atoms with Crippen LogP contribution in [0.25, 0.3) is 0 Å². The van der Waals surface area contributed by atoms with Crippen molar-refractivity contribution >= 4 is 17.1 Å². The van der Waals surface area contributed by atoms with E-state index in [9.17, 15) is 0 Å². The lowest BCUT2D eigenvalue weighted by Gasteiger charge is -2.32. The van der Waals surface area contributed by atoms with Gasteiger partial charge >= 0.3 is 0 Å². The number of nitrogens with zero attached hydrogens (tertiary/aromatic N) is 2. The SMILES string of the molecule is CNc1ccc(CCN2CCC[C@@H]2CN2c3ccccc3COc3ccccc32)cc1. The Hall–Kier alpha value is -2.98. The molecule has 0 amide bonds. The lowest BCUT2D eigenvalue weighted by Crippen LogP contribution is -2.39. The van der Waals surface area contributed by atoms with Crippen LogP contribution in [-0.2, 0) is 13.0 Å². The summed E-state index contributed by atoms with van der Waals surface area (Å²) in [6.45, 7) is 3.92. The lowest BCUT2D eigenvalue weighted by molar-refractivity contribution is 0.261. The first-order valence-electron chi connectivity index (χ1n) is 11.4. The zero-order valence-corrected chi connectivity index (χ0v) is 18.3. The van der Waals surface area contributed by atoms with Gasteiger partial charge in [0, 0.05) is 43.1 Å². The fraction of sp³-hybridized carbons (Fsp3) is 0.333. The Balaban J connectivity index is 1.34. The van der Waals surface area contributed by atoms with Crippen LogP contribution < -0.4 is 15.0 Å². The van der Waals surface area contributed by atoms with E-state index in [1.54, 1.807) is 0 Å². The highest BCUT2D eigenvalue weighted by atomic mass is 16.5. The first-order valence-corrected chi connectivity index (χ1v) is 11.4. The van der Waals surface area contributed by atoms with Crippen molar-refractivity contribution in [3.05, 3.63) is 83.9 Å². The number of hydrogen-bond acceptors (Lipinski definition) is 4. The summed E-state index contributed by atoms with van der Waals surface area (Å²) >= 11 is 0. The van der Waals surface area contributed by atoms with Gasteiger partial charge in [0.1, 0.15) is 12.4 Å². The van der Waals surface area contributed by atoms with Crippen molar-refractivity contribution in [1.29, 1.82) is 0 Å². The van der Waals surface area contributed by atoms with E-state index in [2.05, 4.69) is 87.9 Å². The molecule has 1 N–H and O–H groups in total. The highest BCUT2D eigenvalue weighted by Crippen LogP contribution is 2.40. The number of ether oxygens (including phenoxy) is 1. The van der Waals surface area contributed by atoms with Gasteiger partial charge in [-0.3, -0.25) is 4.90 Å². The van der Waals surface area contributed by atoms with Crippen LogP contribution in [0.1, 0.15) is 24.0 Å². The van der Waals surface area contributed by atoms with E-state index in [1.165, 1.54) is 47.6 Å². The van der Waals surface area contributed by atoms with Crippen molar-refractivity contribution in [3.8, 4) is 5.75 Å². The summed E-state index contributed by atoms with van der Waals surface area (Å²) < 4.78 is 6.16. The third-order valence-electron chi connectivity index (χ3n) is 6.64. The first kappa shape index (κ1) is 20.0. The second-order valence-corrected chi connectivity index (χ2v) is 8.52. The molecule has 1 saturated heterocycles. The summed E-state index contributed by atoms with van der Waals surface area (Å²) in [5.41, 5.74) is 6.30. The topological polar surface area (TPSA) is 27.7 Å². The molecule has 0 aromatic heterocycles. The van der Waals surface area contributed by atoms with Gasteiger partial charge in [-0.15, -0.1) is 0 Å². The molecule has 2 aliphatic rings. The van der Waals surface area contributed by atoms with Gasteiger partial charge in [0.15, 0.2) is 0 Å². The minimum Gasteiger partial charge on any atom is -0.487 e. The van der Waals surface area contributed by atoms with Crippen LogP contribution in [0.5, 0.6) is 5.75 Å². The van der Waals surface area contributed by atoms with E-state index in [0.29, 0.717) is 12.6 Å². The molecule has 1 fully saturated rings. The fourth-order valence-electron chi connectivity index (χ4n) is 4.90. The van der Waals surface area contributed by atoms with Crippen LogP contribution in [0, 0.1) is 0 Å². The normalized spacial score (nSPS) is 18.1. The molecule has 31 heavy (non-hydrogen) atoms. The van der Waals surface area contributed by atoms with Crippen LogP contribution >= 0.6 is 0 Å². The average Bonchev–Trinajstić information content (AvgIpc) is 3.21. The Labute approximate surface area is 185 Å². The van der Waals surface area contributed by atoms with Crippen molar-refractivity contribution in [2.45, 2.75) is 31.9 Å². The average molecular weight is 414 g/mol. The van der Waals surface area contributed by atoms with Gasteiger partial charge in [-0.05, 0) is 61.7 Å². The van der Waals surface area contributed by atoms with Crippen LogP contribution in [-0.4, -0.2) is 37.6 Å². The molecule has 2 heterocycles. The monoisotopic (exact) mass is 413 g/mol. The van der Waals surface area contributed by atoms with Gasteiger partial charge in [0.05, 0.1) is 5.69 Å². The molecule has 4 heteroatoms. The first-order chi connectivity index (χ1) is 15.3.